The molecule has 1 saturated carbocycles. The molecule has 4 rings (SSSR count). The van der Waals surface area contributed by atoms with Crippen LogP contribution in [0.4, 0.5) is 0 Å². The van der Waals surface area contributed by atoms with Crippen LogP contribution in [0.2, 0.25) is 0 Å². The highest BCUT2D eigenvalue weighted by Gasteiger charge is 2.58. The van der Waals surface area contributed by atoms with Crippen molar-refractivity contribution in [2.45, 2.75) is 39.2 Å². The Labute approximate surface area is 80.2 Å². The van der Waals surface area contributed by atoms with Gasteiger partial charge in [-0.15, -0.1) is 0 Å². The van der Waals surface area contributed by atoms with Crippen LogP contribution in [0.5, 0.6) is 0 Å². The van der Waals surface area contributed by atoms with Gasteiger partial charge < -0.3 is 4.74 Å². The van der Waals surface area contributed by atoms with Gasteiger partial charge in [-0.1, -0.05) is 19.9 Å². The van der Waals surface area contributed by atoms with E-state index in [4.69, 9.17) is 4.74 Å². The third-order valence-electron chi connectivity index (χ3n) is 4.66. The molecular weight excluding hydrogens is 160 g/mol. The molecule has 0 spiro atoms. The average molecular weight is 178 g/mol. The summed E-state index contributed by atoms with van der Waals surface area (Å²) in [7, 11) is 0. The molecule has 1 aliphatic heterocycles. The fraction of sp³-hybridized carbons (Fsp3) is 0.833. The third kappa shape index (κ3) is 0.864. The number of epoxide rings is 1. The number of allylic oxidation sites excluding steroid dienone is 1. The van der Waals surface area contributed by atoms with Gasteiger partial charge in [0.25, 0.3) is 0 Å². The summed E-state index contributed by atoms with van der Waals surface area (Å²) in [6.45, 7) is 8.04. The minimum atomic E-state index is 0.146. The van der Waals surface area contributed by atoms with Crippen molar-refractivity contribution >= 4 is 0 Å². The molecule has 0 aromatic heterocycles. The molecule has 3 unspecified atom stereocenters. The summed E-state index contributed by atoms with van der Waals surface area (Å²) in [6, 6.07) is 0. The first kappa shape index (κ1) is 8.05. The molecule has 3 aliphatic carbocycles. The minimum absolute atomic E-state index is 0.146. The Hall–Kier alpha value is -0.300. The van der Waals surface area contributed by atoms with Gasteiger partial charge in [-0.3, -0.25) is 0 Å². The molecule has 0 aromatic rings. The van der Waals surface area contributed by atoms with Crippen molar-refractivity contribution in [2.75, 3.05) is 6.61 Å². The van der Waals surface area contributed by atoms with Gasteiger partial charge in [-0.05, 0) is 42.6 Å². The molecule has 2 bridgehead atoms. The summed E-state index contributed by atoms with van der Waals surface area (Å²) >= 11 is 0. The maximum atomic E-state index is 5.56. The molecule has 3 atom stereocenters. The fourth-order valence-electron chi connectivity index (χ4n) is 3.21. The lowest BCUT2D eigenvalue weighted by Gasteiger charge is -2.57. The van der Waals surface area contributed by atoms with Crippen LogP contribution < -0.4 is 0 Å². The van der Waals surface area contributed by atoms with Crippen molar-refractivity contribution in [3.05, 3.63) is 11.6 Å². The lowest BCUT2D eigenvalue weighted by Crippen LogP contribution is -2.50. The molecule has 1 saturated heterocycles. The number of ether oxygens (including phenoxy) is 1. The zero-order chi connectivity index (χ0) is 9.27. The van der Waals surface area contributed by atoms with Crippen LogP contribution in [0.25, 0.3) is 0 Å². The topological polar surface area (TPSA) is 12.5 Å². The van der Waals surface area contributed by atoms with Gasteiger partial charge in [-0.25, -0.2) is 0 Å². The molecule has 0 amide bonds. The van der Waals surface area contributed by atoms with E-state index in [0.29, 0.717) is 5.41 Å². The van der Waals surface area contributed by atoms with Gasteiger partial charge in [0.2, 0.25) is 0 Å². The van der Waals surface area contributed by atoms with E-state index in [1.807, 2.05) is 0 Å². The van der Waals surface area contributed by atoms with Crippen molar-refractivity contribution in [2.24, 2.45) is 17.3 Å². The van der Waals surface area contributed by atoms with E-state index in [2.05, 4.69) is 26.8 Å². The maximum absolute atomic E-state index is 5.56. The van der Waals surface area contributed by atoms with Gasteiger partial charge in [0.15, 0.2) is 0 Å². The van der Waals surface area contributed by atoms with Gasteiger partial charge in [0.1, 0.15) is 5.60 Å². The van der Waals surface area contributed by atoms with Crippen LogP contribution in [0.15, 0.2) is 11.6 Å². The number of hydrogen-bond acceptors (Lipinski definition) is 1. The van der Waals surface area contributed by atoms with Crippen LogP contribution >= 0.6 is 0 Å². The van der Waals surface area contributed by atoms with Crippen molar-refractivity contribution in [1.82, 2.24) is 0 Å². The van der Waals surface area contributed by atoms with Crippen molar-refractivity contribution in [1.29, 1.82) is 0 Å². The zero-order valence-corrected chi connectivity index (χ0v) is 8.76. The molecule has 0 N–H and O–H groups in total. The number of fused-ring (bicyclic) bond motifs is 1. The van der Waals surface area contributed by atoms with Crippen molar-refractivity contribution < 1.29 is 4.74 Å². The highest BCUT2D eigenvalue weighted by atomic mass is 16.6. The first-order valence-electron chi connectivity index (χ1n) is 5.38. The molecule has 0 radical (unpaired) electrons. The second kappa shape index (κ2) is 2.03. The first-order valence-corrected chi connectivity index (χ1v) is 5.38. The Bertz CT molecular complexity index is 283. The standard InChI is InChI=1S/C12H18O/c1-11(2)8-4-5-9(10(11)6-8)12(3)7-13-12/h5,8,10H,4,6-7H2,1-3H3. The lowest BCUT2D eigenvalue weighted by molar-refractivity contribution is -0.0144. The molecular formula is C12H18O. The lowest BCUT2D eigenvalue weighted by atomic mass is 9.47. The Morgan fingerprint density at radius 3 is 2.54 bits per heavy atom. The highest BCUT2D eigenvalue weighted by molar-refractivity contribution is 5.33. The van der Waals surface area contributed by atoms with Crippen LogP contribution in [-0.2, 0) is 4.74 Å². The fourth-order valence-corrected chi connectivity index (χ4v) is 3.21. The Kier molecular flexibility index (Phi) is 1.26. The number of rotatable bonds is 1. The molecule has 1 heterocycles. The van der Waals surface area contributed by atoms with Crippen molar-refractivity contribution in [3.8, 4) is 0 Å². The summed E-state index contributed by atoms with van der Waals surface area (Å²) < 4.78 is 5.56. The van der Waals surface area contributed by atoms with Gasteiger partial charge in [0, 0.05) is 0 Å². The summed E-state index contributed by atoms with van der Waals surface area (Å²) in [6.07, 6.45) is 5.16. The SMILES string of the molecule is CC1(C2=CCC3CC2C3(C)C)CO1. The molecule has 4 aliphatic rings. The third-order valence-corrected chi connectivity index (χ3v) is 4.66. The van der Waals surface area contributed by atoms with E-state index in [9.17, 15) is 0 Å². The molecule has 1 nitrogen and oxygen atoms in total. The first-order chi connectivity index (χ1) is 6.04. The van der Waals surface area contributed by atoms with Gasteiger partial charge in [-0.2, -0.15) is 0 Å². The molecule has 72 valence electrons. The molecule has 2 fully saturated rings. The summed E-state index contributed by atoms with van der Waals surface area (Å²) in [5.41, 5.74) is 2.31. The summed E-state index contributed by atoms with van der Waals surface area (Å²) in [5, 5.41) is 0. The monoisotopic (exact) mass is 178 g/mol. The highest BCUT2D eigenvalue weighted by Crippen LogP contribution is 2.62. The van der Waals surface area contributed by atoms with E-state index in [1.165, 1.54) is 12.8 Å². The smallest absolute Gasteiger partial charge is 0.110 e. The molecule has 1 heteroatoms. The van der Waals surface area contributed by atoms with E-state index in [-0.39, 0.29) is 5.60 Å². The van der Waals surface area contributed by atoms with E-state index in [0.717, 1.165) is 18.4 Å². The predicted molar refractivity (Wildman–Crippen MR) is 52.4 cm³/mol. The summed E-state index contributed by atoms with van der Waals surface area (Å²) in [5.74, 6) is 1.77. The number of hydrogen-bond donors (Lipinski definition) is 0. The summed E-state index contributed by atoms with van der Waals surface area (Å²) in [4.78, 5) is 0. The van der Waals surface area contributed by atoms with Crippen LogP contribution in [0, 0.1) is 17.3 Å². The van der Waals surface area contributed by atoms with Crippen molar-refractivity contribution in [3.63, 3.8) is 0 Å². The predicted octanol–water partition coefficient (Wildman–Crippen LogP) is 2.77. The second-order valence-corrected chi connectivity index (χ2v) is 5.72. The van der Waals surface area contributed by atoms with Crippen LogP contribution in [-0.4, -0.2) is 12.2 Å². The maximum Gasteiger partial charge on any atom is 0.110 e. The Morgan fingerprint density at radius 2 is 2.08 bits per heavy atom. The normalized spacial score (nSPS) is 50.8. The van der Waals surface area contributed by atoms with Crippen LogP contribution in [0.3, 0.4) is 0 Å². The molecule has 0 aromatic carbocycles. The zero-order valence-electron chi connectivity index (χ0n) is 8.76. The molecule has 13 heavy (non-hydrogen) atoms. The van der Waals surface area contributed by atoms with Gasteiger partial charge in [0.05, 0.1) is 6.61 Å². The van der Waals surface area contributed by atoms with E-state index in [1.54, 1.807) is 5.57 Å². The van der Waals surface area contributed by atoms with E-state index < -0.39 is 0 Å². The Morgan fingerprint density at radius 1 is 1.38 bits per heavy atom. The minimum Gasteiger partial charge on any atom is -0.365 e. The average Bonchev–Trinajstić information content (AvgIpc) is 2.85. The largest absolute Gasteiger partial charge is 0.365 e. The van der Waals surface area contributed by atoms with Gasteiger partial charge >= 0.3 is 0 Å². The second-order valence-electron chi connectivity index (χ2n) is 5.72. The van der Waals surface area contributed by atoms with E-state index >= 15 is 0 Å². The Balaban J connectivity index is 1.94. The van der Waals surface area contributed by atoms with Crippen LogP contribution in [0.1, 0.15) is 33.6 Å². The quantitative estimate of drug-likeness (QED) is 0.444.